The second kappa shape index (κ2) is 10.3. The van der Waals surface area contributed by atoms with Gasteiger partial charge in [-0.05, 0) is 55.3 Å². The molecule has 4 rings (SSSR count). The zero-order valence-electron chi connectivity index (χ0n) is 18.9. The molecule has 1 aromatic heterocycles. The molecule has 2 aromatic carbocycles. The van der Waals surface area contributed by atoms with Crippen LogP contribution in [-0.4, -0.2) is 34.8 Å². The van der Waals surface area contributed by atoms with Crippen molar-refractivity contribution in [2.75, 3.05) is 13.2 Å². The fourth-order valence-electron chi connectivity index (χ4n) is 3.74. The molecular formula is C25H21ClN2O6S. The van der Waals surface area contributed by atoms with Crippen molar-refractivity contribution in [2.24, 2.45) is 4.99 Å². The van der Waals surface area contributed by atoms with Crippen LogP contribution < -0.4 is 19.6 Å². The van der Waals surface area contributed by atoms with Crippen LogP contribution in [0.3, 0.4) is 0 Å². The van der Waals surface area contributed by atoms with Crippen LogP contribution in [0.25, 0.3) is 6.08 Å². The summed E-state index contributed by atoms with van der Waals surface area (Å²) in [7, 11) is 0. The third kappa shape index (κ3) is 5.21. The van der Waals surface area contributed by atoms with Crippen LogP contribution in [0, 0.1) is 0 Å². The number of allylic oxidation sites excluding steroid dienone is 1. The van der Waals surface area contributed by atoms with Gasteiger partial charge in [0.1, 0.15) is 5.75 Å². The Morgan fingerprint density at radius 1 is 1.23 bits per heavy atom. The number of fused-ring (bicyclic) bond motifs is 1. The summed E-state index contributed by atoms with van der Waals surface area (Å²) in [5.74, 6) is -1.25. The molecule has 0 unspecified atom stereocenters. The van der Waals surface area contributed by atoms with Gasteiger partial charge in [-0.1, -0.05) is 47.2 Å². The maximum Gasteiger partial charge on any atom is 0.341 e. The Bertz CT molecular complexity index is 1500. The normalized spacial score (nSPS) is 15.4. The number of carboxylic acid groups (broad SMARTS) is 1. The van der Waals surface area contributed by atoms with Crippen LogP contribution in [-0.2, 0) is 14.3 Å². The molecule has 0 saturated heterocycles. The SMILES string of the molecule is CCOC(=O)C1=C(C)N=c2s/c(=C\c3cccc(OCC(=O)O)c3)c(=O)n2[C@@H]1c1ccc(Cl)cc1. The molecule has 0 radical (unpaired) electrons. The van der Waals surface area contributed by atoms with Gasteiger partial charge >= 0.3 is 11.9 Å². The summed E-state index contributed by atoms with van der Waals surface area (Å²) in [4.78, 5) is 42.2. The van der Waals surface area contributed by atoms with E-state index in [0.717, 1.165) is 0 Å². The van der Waals surface area contributed by atoms with Gasteiger partial charge in [0.05, 0.1) is 28.5 Å². The smallest absolute Gasteiger partial charge is 0.341 e. The molecule has 1 aliphatic heterocycles. The molecule has 2 heterocycles. The molecule has 0 bridgehead atoms. The molecule has 0 saturated carbocycles. The fraction of sp³-hybridized carbons (Fsp3) is 0.200. The number of benzene rings is 2. The number of esters is 1. The number of halogens is 1. The van der Waals surface area contributed by atoms with Gasteiger partial charge in [0.15, 0.2) is 11.4 Å². The van der Waals surface area contributed by atoms with E-state index in [2.05, 4.69) is 4.99 Å². The van der Waals surface area contributed by atoms with Crippen molar-refractivity contribution in [3.05, 3.63) is 95.6 Å². The molecule has 0 aliphatic carbocycles. The number of hydrogen-bond acceptors (Lipinski definition) is 7. The van der Waals surface area contributed by atoms with Crippen LogP contribution >= 0.6 is 22.9 Å². The Kier molecular flexibility index (Phi) is 7.18. The highest BCUT2D eigenvalue weighted by Gasteiger charge is 2.33. The number of hydrogen-bond donors (Lipinski definition) is 1. The summed E-state index contributed by atoms with van der Waals surface area (Å²) >= 11 is 7.26. The largest absolute Gasteiger partial charge is 0.482 e. The molecule has 8 nitrogen and oxygen atoms in total. The topological polar surface area (TPSA) is 107 Å². The predicted molar refractivity (Wildman–Crippen MR) is 131 cm³/mol. The van der Waals surface area contributed by atoms with Crippen molar-refractivity contribution in [2.45, 2.75) is 19.9 Å². The Labute approximate surface area is 209 Å². The quantitative estimate of drug-likeness (QED) is 0.488. The number of carbonyl (C=O) groups is 2. The number of aliphatic carboxylic acids is 1. The number of nitrogens with zero attached hydrogens (tertiary/aromatic N) is 2. The van der Waals surface area contributed by atoms with Gasteiger partial charge in [0, 0.05) is 5.02 Å². The van der Waals surface area contributed by atoms with Gasteiger partial charge in [-0.25, -0.2) is 14.6 Å². The van der Waals surface area contributed by atoms with Crippen LogP contribution in [0.2, 0.25) is 5.02 Å². The number of aromatic nitrogens is 1. The number of ether oxygens (including phenoxy) is 2. The van der Waals surface area contributed by atoms with Crippen molar-refractivity contribution < 1.29 is 24.2 Å². The summed E-state index contributed by atoms with van der Waals surface area (Å²) in [5, 5.41) is 9.36. The Morgan fingerprint density at radius 3 is 2.66 bits per heavy atom. The zero-order chi connectivity index (χ0) is 25.1. The Morgan fingerprint density at radius 2 is 1.97 bits per heavy atom. The van der Waals surface area contributed by atoms with E-state index in [1.807, 2.05) is 0 Å². The van der Waals surface area contributed by atoms with E-state index in [9.17, 15) is 14.4 Å². The first kappa shape index (κ1) is 24.4. The van der Waals surface area contributed by atoms with Crippen molar-refractivity contribution in [3.8, 4) is 5.75 Å². The fourth-order valence-corrected chi connectivity index (χ4v) is 4.92. The summed E-state index contributed by atoms with van der Waals surface area (Å²) in [5.41, 5.74) is 1.79. The summed E-state index contributed by atoms with van der Waals surface area (Å²) in [6.45, 7) is 3.15. The number of rotatable bonds is 7. The third-order valence-corrected chi connectivity index (χ3v) is 6.46. The van der Waals surface area contributed by atoms with Crippen molar-refractivity contribution in [1.82, 2.24) is 4.57 Å². The highest BCUT2D eigenvalue weighted by atomic mass is 35.5. The number of thiazole rings is 1. The Hall–Kier alpha value is -3.69. The van der Waals surface area contributed by atoms with E-state index < -0.39 is 24.6 Å². The van der Waals surface area contributed by atoms with E-state index in [4.69, 9.17) is 26.2 Å². The van der Waals surface area contributed by atoms with Crippen molar-refractivity contribution in [3.63, 3.8) is 0 Å². The molecule has 1 N–H and O–H groups in total. The average Bonchev–Trinajstić information content (AvgIpc) is 3.12. The van der Waals surface area contributed by atoms with Gasteiger partial charge in [-0.15, -0.1) is 0 Å². The molecule has 180 valence electrons. The van der Waals surface area contributed by atoms with E-state index in [1.165, 1.54) is 15.9 Å². The summed E-state index contributed by atoms with van der Waals surface area (Å²) in [6.07, 6.45) is 1.68. The molecule has 10 heteroatoms. The number of carboxylic acids is 1. The van der Waals surface area contributed by atoms with E-state index in [-0.39, 0.29) is 17.7 Å². The summed E-state index contributed by atoms with van der Waals surface area (Å²) < 4.78 is 12.4. The minimum Gasteiger partial charge on any atom is -0.482 e. The minimum atomic E-state index is -1.08. The zero-order valence-corrected chi connectivity index (χ0v) is 20.4. The second-order valence-corrected chi connectivity index (χ2v) is 9.05. The highest BCUT2D eigenvalue weighted by molar-refractivity contribution is 7.07. The predicted octanol–water partition coefficient (Wildman–Crippen LogP) is 2.92. The molecule has 0 fully saturated rings. The molecule has 1 aliphatic rings. The van der Waals surface area contributed by atoms with E-state index in [0.29, 0.717) is 36.9 Å². The molecule has 1 atom stereocenters. The van der Waals surface area contributed by atoms with Gasteiger partial charge < -0.3 is 14.6 Å². The third-order valence-electron chi connectivity index (χ3n) is 5.22. The monoisotopic (exact) mass is 512 g/mol. The minimum absolute atomic E-state index is 0.188. The molecule has 0 spiro atoms. The van der Waals surface area contributed by atoms with Crippen LogP contribution in [0.4, 0.5) is 0 Å². The van der Waals surface area contributed by atoms with Crippen LogP contribution in [0.5, 0.6) is 5.75 Å². The standard InChI is InChI=1S/C25H21ClN2O6S/c1-3-33-24(32)21-14(2)27-25-28(22(21)16-7-9-17(26)10-8-16)23(31)19(35-25)12-15-5-4-6-18(11-15)34-13-20(29)30/h4-12,22H,3,13H2,1-2H3,(H,29,30)/b19-12-/t22-/m1/s1. The lowest BCUT2D eigenvalue weighted by Gasteiger charge is -2.24. The average molecular weight is 513 g/mol. The first-order valence-electron chi connectivity index (χ1n) is 10.7. The maximum absolute atomic E-state index is 13.6. The van der Waals surface area contributed by atoms with Crippen molar-refractivity contribution in [1.29, 1.82) is 0 Å². The molecule has 0 amide bonds. The Balaban J connectivity index is 1.85. The van der Waals surface area contributed by atoms with Crippen molar-refractivity contribution >= 4 is 41.0 Å². The lowest BCUT2D eigenvalue weighted by Crippen LogP contribution is -2.39. The van der Waals surface area contributed by atoms with Gasteiger partial charge in [0.2, 0.25) is 0 Å². The van der Waals surface area contributed by atoms with E-state index >= 15 is 0 Å². The number of carbonyl (C=O) groups excluding carboxylic acids is 1. The van der Waals surface area contributed by atoms with E-state index in [1.54, 1.807) is 68.5 Å². The first-order chi connectivity index (χ1) is 16.8. The first-order valence-corrected chi connectivity index (χ1v) is 11.9. The maximum atomic E-state index is 13.6. The van der Waals surface area contributed by atoms with Gasteiger partial charge in [-0.3, -0.25) is 9.36 Å². The van der Waals surface area contributed by atoms with Gasteiger partial charge in [0.25, 0.3) is 5.56 Å². The lowest BCUT2D eigenvalue weighted by atomic mass is 9.96. The second-order valence-electron chi connectivity index (χ2n) is 7.61. The molecule has 3 aromatic rings. The lowest BCUT2D eigenvalue weighted by molar-refractivity contribution is -0.140. The molecular weight excluding hydrogens is 492 g/mol. The van der Waals surface area contributed by atoms with Gasteiger partial charge in [-0.2, -0.15) is 0 Å². The summed E-state index contributed by atoms with van der Waals surface area (Å²) in [6, 6.07) is 13.0. The molecule has 35 heavy (non-hydrogen) atoms. The highest BCUT2D eigenvalue weighted by Crippen LogP contribution is 2.31. The van der Waals surface area contributed by atoms with Crippen LogP contribution in [0.15, 0.2) is 69.6 Å². The van der Waals surface area contributed by atoms with Crippen LogP contribution in [0.1, 0.15) is 31.0 Å².